The Bertz CT molecular complexity index is 610. The molecular formula is C13H12ClNO3S. The lowest BCUT2D eigenvalue weighted by Crippen LogP contribution is -1.91. The normalized spacial score (nSPS) is 10.9. The monoisotopic (exact) mass is 297 g/mol. The molecule has 1 aromatic carbocycles. The standard InChI is InChI=1S/C13H12ClNO3S/c1-7(2)19-12-4-3-8(5-9(12)14)10-6-11(13(16)17)18-15-10/h3-7H,1-2H3,(H,16,17). The molecule has 1 aromatic heterocycles. The first-order chi connectivity index (χ1) is 8.97. The number of nitrogens with zero attached hydrogens (tertiary/aromatic N) is 1. The van der Waals surface area contributed by atoms with E-state index in [1.807, 2.05) is 12.1 Å². The van der Waals surface area contributed by atoms with Crippen LogP contribution in [-0.2, 0) is 0 Å². The van der Waals surface area contributed by atoms with E-state index in [-0.39, 0.29) is 5.76 Å². The molecule has 0 spiro atoms. The van der Waals surface area contributed by atoms with Crippen molar-refractivity contribution in [3.63, 3.8) is 0 Å². The molecule has 0 amide bonds. The van der Waals surface area contributed by atoms with Crippen molar-refractivity contribution in [2.24, 2.45) is 0 Å². The van der Waals surface area contributed by atoms with Gasteiger partial charge < -0.3 is 9.63 Å². The lowest BCUT2D eigenvalue weighted by atomic mass is 10.1. The second-order valence-corrected chi connectivity index (χ2v) is 6.22. The number of rotatable bonds is 4. The number of carbonyl (C=O) groups is 1. The highest BCUT2D eigenvalue weighted by atomic mass is 35.5. The highest BCUT2D eigenvalue weighted by Gasteiger charge is 2.13. The van der Waals surface area contributed by atoms with Gasteiger partial charge in [-0.2, -0.15) is 0 Å². The molecule has 0 unspecified atom stereocenters. The van der Waals surface area contributed by atoms with E-state index in [2.05, 4.69) is 19.0 Å². The fourth-order valence-corrected chi connectivity index (χ4v) is 2.66. The number of benzene rings is 1. The third-order valence-electron chi connectivity index (χ3n) is 2.31. The molecule has 2 rings (SSSR count). The van der Waals surface area contributed by atoms with Crippen LogP contribution in [0.1, 0.15) is 24.4 Å². The molecule has 19 heavy (non-hydrogen) atoms. The molecule has 2 aromatic rings. The quantitative estimate of drug-likeness (QED) is 0.857. The van der Waals surface area contributed by atoms with Crippen LogP contribution in [0.15, 0.2) is 33.7 Å². The zero-order chi connectivity index (χ0) is 14.0. The largest absolute Gasteiger partial charge is 0.475 e. The number of thioether (sulfide) groups is 1. The van der Waals surface area contributed by atoms with Gasteiger partial charge in [0.2, 0.25) is 5.76 Å². The van der Waals surface area contributed by atoms with Crippen LogP contribution in [0.5, 0.6) is 0 Å². The number of carboxylic acids is 1. The third kappa shape index (κ3) is 3.30. The Morgan fingerprint density at radius 2 is 2.16 bits per heavy atom. The first-order valence-electron chi connectivity index (χ1n) is 5.64. The molecule has 4 nitrogen and oxygen atoms in total. The van der Waals surface area contributed by atoms with Gasteiger partial charge in [0.25, 0.3) is 0 Å². The number of aromatic carboxylic acids is 1. The smallest absolute Gasteiger partial charge is 0.374 e. The van der Waals surface area contributed by atoms with E-state index in [1.165, 1.54) is 6.07 Å². The van der Waals surface area contributed by atoms with Crippen molar-refractivity contribution in [3.8, 4) is 11.3 Å². The summed E-state index contributed by atoms with van der Waals surface area (Å²) in [6.45, 7) is 4.18. The van der Waals surface area contributed by atoms with Crippen molar-refractivity contribution < 1.29 is 14.4 Å². The third-order valence-corrected chi connectivity index (χ3v) is 3.82. The van der Waals surface area contributed by atoms with Crippen molar-refractivity contribution in [2.75, 3.05) is 0 Å². The maximum Gasteiger partial charge on any atom is 0.374 e. The average molecular weight is 298 g/mol. The summed E-state index contributed by atoms with van der Waals surface area (Å²) in [5.41, 5.74) is 1.19. The van der Waals surface area contributed by atoms with Gasteiger partial charge in [-0.25, -0.2) is 4.79 Å². The van der Waals surface area contributed by atoms with E-state index in [4.69, 9.17) is 21.2 Å². The summed E-state index contributed by atoms with van der Waals surface area (Å²) >= 11 is 7.87. The lowest BCUT2D eigenvalue weighted by molar-refractivity contribution is 0.0652. The van der Waals surface area contributed by atoms with Gasteiger partial charge in [-0.1, -0.05) is 36.7 Å². The highest BCUT2D eigenvalue weighted by Crippen LogP contribution is 2.33. The molecule has 0 aliphatic heterocycles. The molecule has 0 bridgehead atoms. The van der Waals surface area contributed by atoms with E-state index in [1.54, 1.807) is 17.8 Å². The van der Waals surface area contributed by atoms with E-state index in [9.17, 15) is 4.79 Å². The highest BCUT2D eigenvalue weighted by molar-refractivity contribution is 8.00. The average Bonchev–Trinajstić information content (AvgIpc) is 2.80. The number of aromatic nitrogens is 1. The van der Waals surface area contributed by atoms with Crippen molar-refractivity contribution in [2.45, 2.75) is 24.0 Å². The molecule has 0 fully saturated rings. The molecule has 1 N–H and O–H groups in total. The van der Waals surface area contributed by atoms with Gasteiger partial charge in [0.1, 0.15) is 5.69 Å². The SMILES string of the molecule is CC(C)Sc1ccc(-c2cc(C(=O)O)on2)cc1Cl. The Kier molecular flexibility index (Phi) is 4.17. The van der Waals surface area contributed by atoms with Gasteiger partial charge in [-0.05, 0) is 12.1 Å². The minimum Gasteiger partial charge on any atom is -0.475 e. The van der Waals surface area contributed by atoms with Crippen LogP contribution in [0, 0.1) is 0 Å². The second kappa shape index (κ2) is 5.67. The van der Waals surface area contributed by atoms with Gasteiger partial charge in [0, 0.05) is 21.8 Å². The minimum absolute atomic E-state index is 0.188. The van der Waals surface area contributed by atoms with E-state index in [0.717, 1.165) is 10.5 Å². The maximum absolute atomic E-state index is 10.7. The Labute approximate surface area is 119 Å². The van der Waals surface area contributed by atoms with E-state index >= 15 is 0 Å². The molecule has 0 aliphatic carbocycles. The molecule has 0 radical (unpaired) electrons. The Hall–Kier alpha value is -1.46. The minimum atomic E-state index is -1.14. The molecule has 0 atom stereocenters. The molecule has 1 heterocycles. The van der Waals surface area contributed by atoms with Crippen molar-refractivity contribution in [1.29, 1.82) is 0 Å². The van der Waals surface area contributed by atoms with Crippen LogP contribution in [0.4, 0.5) is 0 Å². The van der Waals surface area contributed by atoms with E-state index in [0.29, 0.717) is 16.0 Å². The van der Waals surface area contributed by atoms with Crippen LogP contribution in [0.2, 0.25) is 5.02 Å². The predicted molar refractivity (Wildman–Crippen MR) is 74.9 cm³/mol. The summed E-state index contributed by atoms with van der Waals surface area (Å²) in [5, 5.41) is 13.6. The number of hydrogen-bond acceptors (Lipinski definition) is 4. The first-order valence-corrected chi connectivity index (χ1v) is 6.89. The zero-order valence-electron chi connectivity index (χ0n) is 10.4. The van der Waals surface area contributed by atoms with E-state index < -0.39 is 5.97 Å². The van der Waals surface area contributed by atoms with Gasteiger partial charge in [0.15, 0.2) is 0 Å². The van der Waals surface area contributed by atoms with Crippen LogP contribution in [0.3, 0.4) is 0 Å². The summed E-state index contributed by atoms with van der Waals surface area (Å²) in [7, 11) is 0. The summed E-state index contributed by atoms with van der Waals surface area (Å²) in [4.78, 5) is 11.7. The van der Waals surface area contributed by atoms with Gasteiger partial charge in [0.05, 0.1) is 5.02 Å². The van der Waals surface area contributed by atoms with Crippen LogP contribution in [-0.4, -0.2) is 21.5 Å². The predicted octanol–water partition coefficient (Wildman–Crippen LogP) is 4.19. The van der Waals surface area contributed by atoms with Crippen LogP contribution in [0.25, 0.3) is 11.3 Å². The van der Waals surface area contributed by atoms with Gasteiger partial charge in [-0.15, -0.1) is 11.8 Å². The Morgan fingerprint density at radius 3 is 2.68 bits per heavy atom. The topological polar surface area (TPSA) is 63.3 Å². The molecular weight excluding hydrogens is 286 g/mol. The van der Waals surface area contributed by atoms with Gasteiger partial charge >= 0.3 is 5.97 Å². The number of halogens is 1. The Morgan fingerprint density at radius 1 is 1.42 bits per heavy atom. The summed E-state index contributed by atoms with van der Waals surface area (Å²) in [6.07, 6.45) is 0. The van der Waals surface area contributed by atoms with Gasteiger partial charge in [-0.3, -0.25) is 0 Å². The second-order valence-electron chi connectivity index (χ2n) is 4.19. The van der Waals surface area contributed by atoms with Crippen molar-refractivity contribution in [3.05, 3.63) is 35.0 Å². The Balaban J connectivity index is 2.30. The zero-order valence-corrected chi connectivity index (χ0v) is 12.0. The fraction of sp³-hybridized carbons (Fsp3) is 0.231. The molecule has 0 saturated carbocycles. The van der Waals surface area contributed by atoms with Crippen molar-refractivity contribution in [1.82, 2.24) is 5.16 Å². The van der Waals surface area contributed by atoms with Crippen molar-refractivity contribution >= 4 is 29.3 Å². The molecule has 6 heteroatoms. The van der Waals surface area contributed by atoms with Crippen LogP contribution >= 0.6 is 23.4 Å². The fourth-order valence-electron chi connectivity index (χ4n) is 1.52. The molecule has 0 aliphatic rings. The first kappa shape index (κ1) is 14.0. The number of carboxylic acid groups (broad SMARTS) is 1. The lowest BCUT2D eigenvalue weighted by Gasteiger charge is -2.07. The maximum atomic E-state index is 10.7. The summed E-state index contributed by atoms with van der Waals surface area (Å²) < 4.78 is 4.72. The van der Waals surface area contributed by atoms with Crippen LogP contribution < -0.4 is 0 Å². The summed E-state index contributed by atoms with van der Waals surface area (Å²) in [5.74, 6) is -1.33. The summed E-state index contributed by atoms with van der Waals surface area (Å²) in [6, 6.07) is 6.89. The number of hydrogen-bond donors (Lipinski definition) is 1. The molecule has 100 valence electrons. The molecule has 0 saturated heterocycles.